The van der Waals surface area contributed by atoms with Gasteiger partial charge in [-0.3, -0.25) is 4.79 Å². The predicted octanol–water partition coefficient (Wildman–Crippen LogP) is 5.18. The Bertz CT molecular complexity index is 1210. The lowest BCUT2D eigenvalue weighted by Gasteiger charge is -2.36. The molecule has 0 spiro atoms. The van der Waals surface area contributed by atoms with Crippen LogP contribution in [0, 0.1) is 11.3 Å². The van der Waals surface area contributed by atoms with Gasteiger partial charge in [0.25, 0.3) is 0 Å². The van der Waals surface area contributed by atoms with Crippen LogP contribution in [0.4, 0.5) is 11.4 Å². The van der Waals surface area contributed by atoms with Crippen molar-refractivity contribution < 1.29 is 9.90 Å². The van der Waals surface area contributed by atoms with E-state index in [1.807, 2.05) is 48.5 Å². The summed E-state index contributed by atoms with van der Waals surface area (Å²) >= 11 is 6.35. The van der Waals surface area contributed by atoms with Gasteiger partial charge >= 0.3 is 5.97 Å². The maximum Gasteiger partial charge on any atom is 0.307 e. The summed E-state index contributed by atoms with van der Waals surface area (Å²) in [6.45, 7) is 3.52. The second-order valence-electron chi connectivity index (χ2n) is 8.59. The van der Waals surface area contributed by atoms with Crippen LogP contribution in [0.3, 0.4) is 0 Å². The highest BCUT2D eigenvalue weighted by Crippen LogP contribution is 2.33. The number of hydrogen-bond donors (Lipinski definition) is 4. The number of nitriles is 1. The molecule has 0 radical (unpaired) electrons. The highest BCUT2D eigenvalue weighted by Gasteiger charge is 2.28. The molecule has 0 saturated carbocycles. The molecule has 3 atom stereocenters. The first-order valence-electron chi connectivity index (χ1n) is 11.3. The van der Waals surface area contributed by atoms with E-state index in [2.05, 4.69) is 41.1 Å². The number of carboxylic acid groups (broad SMARTS) is 1. The Labute approximate surface area is 204 Å². The molecule has 0 saturated heterocycles. The van der Waals surface area contributed by atoms with Crippen LogP contribution in [-0.2, 0) is 11.2 Å². The van der Waals surface area contributed by atoms with Gasteiger partial charge in [-0.15, -0.1) is 0 Å². The number of benzene rings is 3. The summed E-state index contributed by atoms with van der Waals surface area (Å²) in [6, 6.07) is 23.8. The third kappa shape index (κ3) is 5.33. The molecule has 0 unspecified atom stereocenters. The Morgan fingerprint density at radius 3 is 2.68 bits per heavy atom. The first kappa shape index (κ1) is 23.6. The third-order valence-corrected chi connectivity index (χ3v) is 6.57. The molecule has 1 aliphatic rings. The Morgan fingerprint density at radius 2 is 1.97 bits per heavy atom. The normalized spacial score (nSPS) is 16.3. The van der Waals surface area contributed by atoms with E-state index in [1.54, 1.807) is 6.07 Å². The van der Waals surface area contributed by atoms with Crippen LogP contribution in [0.2, 0.25) is 5.02 Å². The first-order valence-corrected chi connectivity index (χ1v) is 11.7. The third-order valence-electron chi connectivity index (χ3n) is 6.22. The minimum absolute atomic E-state index is 0.00203. The molecule has 4 rings (SSSR count). The largest absolute Gasteiger partial charge is 0.481 e. The number of aliphatic carboxylic acids is 1. The van der Waals surface area contributed by atoms with Crippen molar-refractivity contribution in [3.05, 3.63) is 94.0 Å². The molecule has 0 amide bonds. The number of anilines is 2. The number of nitrogens with one attached hydrogen (secondary N) is 3. The fourth-order valence-electron chi connectivity index (χ4n) is 4.36. The molecule has 0 aliphatic carbocycles. The molecule has 7 heteroatoms. The maximum atomic E-state index is 11.0. The summed E-state index contributed by atoms with van der Waals surface area (Å²) < 4.78 is 0. The molecule has 3 aromatic rings. The van der Waals surface area contributed by atoms with Crippen LogP contribution in [0.5, 0.6) is 0 Å². The average Bonchev–Trinajstić information content (AvgIpc) is 2.85. The van der Waals surface area contributed by atoms with Crippen LogP contribution in [0.1, 0.15) is 41.1 Å². The average molecular weight is 475 g/mol. The van der Waals surface area contributed by atoms with Crippen LogP contribution in [0.25, 0.3) is 0 Å². The van der Waals surface area contributed by atoms with E-state index in [0.717, 1.165) is 22.5 Å². The molecule has 1 aliphatic heterocycles. The molecule has 1 heterocycles. The number of carbonyl (C=O) groups is 1. The van der Waals surface area contributed by atoms with Gasteiger partial charge in [-0.25, -0.2) is 0 Å². The van der Waals surface area contributed by atoms with Crippen LogP contribution in [0.15, 0.2) is 66.7 Å². The first-order chi connectivity index (χ1) is 16.5. The SMILES string of the molecule is C[C@@H](CN[C@H](c1ccccc1)[C@H]1CNc2cccc(C#N)c2N1)c1ccc(CC(=O)O)c(Cl)c1. The molecule has 0 fully saturated rings. The lowest BCUT2D eigenvalue weighted by atomic mass is 9.94. The van der Waals surface area contributed by atoms with E-state index in [9.17, 15) is 10.1 Å². The monoisotopic (exact) mass is 474 g/mol. The van der Waals surface area contributed by atoms with Gasteiger partial charge in [0.2, 0.25) is 0 Å². The van der Waals surface area contributed by atoms with Crippen molar-refractivity contribution >= 4 is 28.9 Å². The van der Waals surface area contributed by atoms with E-state index in [4.69, 9.17) is 16.7 Å². The molecule has 34 heavy (non-hydrogen) atoms. The van der Waals surface area contributed by atoms with Crippen molar-refractivity contribution in [1.29, 1.82) is 5.26 Å². The second-order valence-corrected chi connectivity index (χ2v) is 9.00. The van der Waals surface area contributed by atoms with Crippen LogP contribution >= 0.6 is 11.6 Å². The van der Waals surface area contributed by atoms with E-state index in [-0.39, 0.29) is 24.4 Å². The Morgan fingerprint density at radius 1 is 1.18 bits per heavy atom. The van der Waals surface area contributed by atoms with E-state index in [0.29, 0.717) is 29.2 Å². The van der Waals surface area contributed by atoms with Gasteiger partial charge in [0, 0.05) is 18.1 Å². The molecule has 174 valence electrons. The lowest BCUT2D eigenvalue weighted by Crippen LogP contribution is -2.45. The number of nitrogens with zero attached hydrogens (tertiary/aromatic N) is 1. The highest BCUT2D eigenvalue weighted by molar-refractivity contribution is 6.31. The van der Waals surface area contributed by atoms with Crippen molar-refractivity contribution in [2.24, 2.45) is 0 Å². The van der Waals surface area contributed by atoms with E-state index in [1.165, 1.54) is 0 Å². The highest BCUT2D eigenvalue weighted by atomic mass is 35.5. The van der Waals surface area contributed by atoms with Gasteiger partial charge in [-0.05, 0) is 40.8 Å². The standard InChI is InChI=1S/C27H27ClN4O2/c1-17(19-10-11-20(13-25(33)34)22(28)12-19)15-31-26(18-6-3-2-4-7-18)24-16-30-23-9-5-8-21(14-29)27(23)32-24/h2-12,17,24,26,30-32H,13,15-16H2,1H3,(H,33,34)/t17-,24+,26+/m0/s1. The van der Waals surface area contributed by atoms with Gasteiger partial charge in [-0.2, -0.15) is 5.26 Å². The topological polar surface area (TPSA) is 97.2 Å². The minimum atomic E-state index is -0.898. The van der Waals surface area contributed by atoms with E-state index >= 15 is 0 Å². The van der Waals surface area contributed by atoms with Gasteiger partial charge in [0.1, 0.15) is 6.07 Å². The van der Waals surface area contributed by atoms with Gasteiger partial charge in [-0.1, -0.05) is 67.1 Å². The zero-order chi connectivity index (χ0) is 24.1. The predicted molar refractivity (Wildman–Crippen MR) is 135 cm³/mol. The summed E-state index contributed by atoms with van der Waals surface area (Å²) in [7, 11) is 0. The Hall–Kier alpha value is -3.53. The van der Waals surface area contributed by atoms with Gasteiger partial charge < -0.3 is 21.1 Å². The zero-order valence-electron chi connectivity index (χ0n) is 18.9. The number of hydrogen-bond acceptors (Lipinski definition) is 5. The van der Waals surface area contributed by atoms with Gasteiger partial charge in [0.05, 0.1) is 35.4 Å². The summed E-state index contributed by atoms with van der Waals surface area (Å²) in [5.41, 5.74) is 5.20. The number of para-hydroxylation sites is 1. The van der Waals surface area contributed by atoms with Crippen molar-refractivity contribution in [3.63, 3.8) is 0 Å². The Balaban J connectivity index is 1.52. The molecule has 3 aromatic carbocycles. The summed E-state index contributed by atoms with van der Waals surface area (Å²) in [4.78, 5) is 11.0. The lowest BCUT2D eigenvalue weighted by molar-refractivity contribution is -0.136. The smallest absolute Gasteiger partial charge is 0.307 e. The molecule has 6 nitrogen and oxygen atoms in total. The number of fused-ring (bicyclic) bond motifs is 1. The zero-order valence-corrected chi connectivity index (χ0v) is 19.6. The van der Waals surface area contributed by atoms with Crippen molar-refractivity contribution in [2.45, 2.75) is 31.3 Å². The summed E-state index contributed by atoms with van der Waals surface area (Å²) in [5, 5.41) is 29.8. The fourth-order valence-corrected chi connectivity index (χ4v) is 4.61. The quantitative estimate of drug-likeness (QED) is 0.359. The fraction of sp³-hybridized carbons (Fsp3) is 0.259. The van der Waals surface area contributed by atoms with Crippen LogP contribution in [-0.4, -0.2) is 30.2 Å². The number of rotatable bonds is 8. The summed E-state index contributed by atoms with van der Waals surface area (Å²) in [6.07, 6.45) is -0.0890. The molecule has 0 bridgehead atoms. The molecular weight excluding hydrogens is 448 g/mol. The van der Waals surface area contributed by atoms with Crippen molar-refractivity contribution in [2.75, 3.05) is 23.7 Å². The number of carboxylic acids is 1. The Kier molecular flexibility index (Phi) is 7.36. The molecular formula is C27H27ClN4O2. The minimum Gasteiger partial charge on any atom is -0.481 e. The second kappa shape index (κ2) is 10.6. The van der Waals surface area contributed by atoms with Crippen molar-refractivity contribution in [1.82, 2.24) is 5.32 Å². The maximum absolute atomic E-state index is 11.0. The van der Waals surface area contributed by atoms with Crippen molar-refractivity contribution in [3.8, 4) is 6.07 Å². The summed E-state index contributed by atoms with van der Waals surface area (Å²) in [5.74, 6) is -0.745. The molecule has 0 aromatic heterocycles. The van der Waals surface area contributed by atoms with Gasteiger partial charge in [0.15, 0.2) is 0 Å². The number of halogens is 1. The van der Waals surface area contributed by atoms with Crippen LogP contribution < -0.4 is 16.0 Å². The molecule has 4 N–H and O–H groups in total. The van der Waals surface area contributed by atoms with E-state index < -0.39 is 5.97 Å².